The SMILES string of the molecule is CCCCCOc1ccc(C(=O)CCC(=O)NCc2ccsc2)cc1. The maximum atomic E-state index is 12.2. The van der Waals surface area contributed by atoms with Gasteiger partial charge in [0, 0.05) is 24.9 Å². The Labute approximate surface area is 153 Å². The number of ether oxygens (including phenoxy) is 1. The van der Waals surface area contributed by atoms with Crippen LogP contribution in [0.1, 0.15) is 54.9 Å². The van der Waals surface area contributed by atoms with Crippen LogP contribution in [0.2, 0.25) is 0 Å². The number of ketones is 1. The molecule has 0 spiro atoms. The molecule has 0 radical (unpaired) electrons. The van der Waals surface area contributed by atoms with E-state index >= 15 is 0 Å². The van der Waals surface area contributed by atoms with Crippen LogP contribution in [-0.2, 0) is 11.3 Å². The maximum absolute atomic E-state index is 12.2. The highest BCUT2D eigenvalue weighted by molar-refractivity contribution is 7.07. The summed E-state index contributed by atoms with van der Waals surface area (Å²) in [5.74, 6) is 0.653. The molecule has 0 fully saturated rings. The number of thiophene rings is 1. The molecule has 0 unspecified atom stereocenters. The van der Waals surface area contributed by atoms with Crippen molar-refractivity contribution < 1.29 is 14.3 Å². The summed E-state index contributed by atoms with van der Waals surface area (Å²) in [6.07, 6.45) is 3.78. The third-order valence-electron chi connectivity index (χ3n) is 3.84. The van der Waals surface area contributed by atoms with Crippen LogP contribution in [0, 0.1) is 0 Å². The predicted molar refractivity (Wildman–Crippen MR) is 101 cm³/mol. The van der Waals surface area contributed by atoms with Crippen LogP contribution < -0.4 is 10.1 Å². The standard InChI is InChI=1S/C20H25NO3S/c1-2-3-4-12-24-18-7-5-17(6-8-18)19(22)9-10-20(23)21-14-16-11-13-25-15-16/h5-8,11,13,15H,2-4,9-10,12,14H2,1H3,(H,21,23). The van der Waals surface area contributed by atoms with Gasteiger partial charge in [0.1, 0.15) is 5.75 Å². The lowest BCUT2D eigenvalue weighted by Gasteiger charge is -2.07. The van der Waals surface area contributed by atoms with Gasteiger partial charge in [0.15, 0.2) is 5.78 Å². The zero-order valence-corrected chi connectivity index (χ0v) is 15.4. The average molecular weight is 359 g/mol. The lowest BCUT2D eigenvalue weighted by atomic mass is 10.1. The smallest absolute Gasteiger partial charge is 0.220 e. The number of hydrogen-bond donors (Lipinski definition) is 1. The number of Topliss-reactive ketones (excluding diaryl/α,β-unsaturated/α-hetero) is 1. The molecular weight excluding hydrogens is 334 g/mol. The molecule has 1 aromatic carbocycles. The number of amides is 1. The van der Waals surface area contributed by atoms with Gasteiger partial charge in [0.25, 0.3) is 0 Å². The van der Waals surface area contributed by atoms with E-state index in [0.29, 0.717) is 18.7 Å². The van der Waals surface area contributed by atoms with Gasteiger partial charge in [-0.25, -0.2) is 0 Å². The van der Waals surface area contributed by atoms with Gasteiger partial charge < -0.3 is 10.1 Å². The molecular formula is C20H25NO3S. The number of hydrogen-bond acceptors (Lipinski definition) is 4. The van der Waals surface area contributed by atoms with Crippen LogP contribution >= 0.6 is 11.3 Å². The van der Waals surface area contributed by atoms with Crippen molar-refractivity contribution in [3.63, 3.8) is 0 Å². The summed E-state index contributed by atoms with van der Waals surface area (Å²) in [5, 5.41) is 6.80. The Bertz CT molecular complexity index is 650. The van der Waals surface area contributed by atoms with E-state index in [1.807, 2.05) is 29.0 Å². The Kier molecular flexibility index (Phi) is 8.19. The first-order valence-corrected chi connectivity index (χ1v) is 9.67. The summed E-state index contributed by atoms with van der Waals surface area (Å²) in [7, 11) is 0. The van der Waals surface area contributed by atoms with Crippen molar-refractivity contribution in [3.8, 4) is 5.75 Å². The zero-order valence-electron chi connectivity index (χ0n) is 14.6. The minimum absolute atomic E-state index is 0.0248. The van der Waals surface area contributed by atoms with Crippen molar-refractivity contribution in [2.75, 3.05) is 6.61 Å². The van der Waals surface area contributed by atoms with Gasteiger partial charge >= 0.3 is 0 Å². The Morgan fingerprint density at radius 2 is 1.88 bits per heavy atom. The summed E-state index contributed by atoms with van der Waals surface area (Å²) in [4.78, 5) is 24.0. The number of rotatable bonds is 11. The van der Waals surface area contributed by atoms with Crippen molar-refractivity contribution in [2.24, 2.45) is 0 Å². The largest absolute Gasteiger partial charge is 0.494 e. The summed E-state index contributed by atoms with van der Waals surface area (Å²) in [6, 6.07) is 9.13. The average Bonchev–Trinajstić information content (AvgIpc) is 3.15. The van der Waals surface area contributed by atoms with Crippen LogP contribution in [0.5, 0.6) is 5.75 Å². The first kappa shape index (κ1) is 19.2. The molecule has 2 aromatic rings. The molecule has 1 heterocycles. The molecule has 0 aliphatic carbocycles. The van der Waals surface area contributed by atoms with Gasteiger partial charge in [0.05, 0.1) is 6.61 Å². The van der Waals surface area contributed by atoms with Gasteiger partial charge in [0.2, 0.25) is 5.91 Å². The summed E-state index contributed by atoms with van der Waals surface area (Å²) < 4.78 is 5.63. The first-order valence-electron chi connectivity index (χ1n) is 8.73. The number of carbonyl (C=O) groups is 2. The Hall–Kier alpha value is -2.14. The van der Waals surface area contributed by atoms with E-state index in [1.165, 1.54) is 0 Å². The Morgan fingerprint density at radius 3 is 2.56 bits per heavy atom. The lowest BCUT2D eigenvalue weighted by molar-refractivity contribution is -0.121. The maximum Gasteiger partial charge on any atom is 0.220 e. The second-order valence-electron chi connectivity index (χ2n) is 5.91. The molecule has 134 valence electrons. The fourth-order valence-corrected chi connectivity index (χ4v) is 3.00. The van der Waals surface area contributed by atoms with Gasteiger partial charge in [-0.2, -0.15) is 11.3 Å². The van der Waals surface area contributed by atoms with Crippen LogP contribution in [0.4, 0.5) is 0 Å². The predicted octanol–water partition coefficient (Wildman–Crippen LogP) is 4.60. The molecule has 1 N–H and O–H groups in total. The van der Waals surface area contributed by atoms with Crippen LogP contribution in [-0.4, -0.2) is 18.3 Å². The van der Waals surface area contributed by atoms with Crippen molar-refractivity contribution in [1.82, 2.24) is 5.32 Å². The molecule has 2 rings (SSSR count). The Morgan fingerprint density at radius 1 is 1.08 bits per heavy atom. The molecule has 0 bridgehead atoms. The van der Waals surface area contributed by atoms with Crippen LogP contribution in [0.15, 0.2) is 41.1 Å². The number of carbonyl (C=O) groups excluding carboxylic acids is 2. The van der Waals surface area contributed by atoms with E-state index in [-0.39, 0.29) is 24.5 Å². The molecule has 0 aliphatic rings. The first-order chi connectivity index (χ1) is 12.2. The van der Waals surface area contributed by atoms with Gasteiger partial charge in [-0.1, -0.05) is 19.8 Å². The van der Waals surface area contributed by atoms with E-state index in [2.05, 4.69) is 12.2 Å². The van der Waals surface area contributed by atoms with E-state index in [0.717, 1.165) is 30.6 Å². The second-order valence-corrected chi connectivity index (χ2v) is 6.69. The van der Waals surface area contributed by atoms with Crippen molar-refractivity contribution >= 4 is 23.0 Å². The van der Waals surface area contributed by atoms with Gasteiger partial charge in [-0.3, -0.25) is 9.59 Å². The van der Waals surface area contributed by atoms with Crippen molar-refractivity contribution in [1.29, 1.82) is 0 Å². The zero-order chi connectivity index (χ0) is 17.9. The van der Waals surface area contributed by atoms with E-state index in [1.54, 1.807) is 23.5 Å². The van der Waals surface area contributed by atoms with E-state index < -0.39 is 0 Å². The highest BCUT2D eigenvalue weighted by atomic mass is 32.1. The number of nitrogens with one attached hydrogen (secondary N) is 1. The van der Waals surface area contributed by atoms with Crippen molar-refractivity contribution in [3.05, 3.63) is 52.2 Å². The minimum Gasteiger partial charge on any atom is -0.494 e. The number of benzene rings is 1. The highest BCUT2D eigenvalue weighted by Crippen LogP contribution is 2.15. The third kappa shape index (κ3) is 7.10. The molecule has 5 heteroatoms. The number of unbranched alkanes of at least 4 members (excludes halogenated alkanes) is 2. The third-order valence-corrected chi connectivity index (χ3v) is 4.57. The topological polar surface area (TPSA) is 55.4 Å². The summed E-state index contributed by atoms with van der Waals surface area (Å²) in [5.41, 5.74) is 1.70. The minimum atomic E-state index is -0.101. The summed E-state index contributed by atoms with van der Waals surface area (Å²) >= 11 is 1.60. The normalized spacial score (nSPS) is 10.4. The van der Waals surface area contributed by atoms with Crippen LogP contribution in [0.3, 0.4) is 0 Å². The quantitative estimate of drug-likeness (QED) is 0.471. The van der Waals surface area contributed by atoms with Gasteiger partial charge in [-0.05, 0) is 53.1 Å². The van der Waals surface area contributed by atoms with E-state index in [4.69, 9.17) is 4.74 Å². The molecule has 0 saturated heterocycles. The van der Waals surface area contributed by atoms with Crippen LogP contribution in [0.25, 0.3) is 0 Å². The lowest BCUT2D eigenvalue weighted by Crippen LogP contribution is -2.23. The molecule has 1 aromatic heterocycles. The fraction of sp³-hybridized carbons (Fsp3) is 0.400. The fourth-order valence-electron chi connectivity index (χ4n) is 2.33. The van der Waals surface area contributed by atoms with Crippen molar-refractivity contribution in [2.45, 2.75) is 45.6 Å². The highest BCUT2D eigenvalue weighted by Gasteiger charge is 2.09. The Balaban J connectivity index is 1.70. The molecule has 1 amide bonds. The van der Waals surface area contributed by atoms with Gasteiger partial charge in [-0.15, -0.1) is 0 Å². The molecule has 0 aliphatic heterocycles. The molecule has 0 saturated carbocycles. The summed E-state index contributed by atoms with van der Waals surface area (Å²) in [6.45, 7) is 3.37. The second kappa shape index (κ2) is 10.7. The molecule has 25 heavy (non-hydrogen) atoms. The monoisotopic (exact) mass is 359 g/mol. The molecule has 4 nitrogen and oxygen atoms in total. The molecule has 0 atom stereocenters. The van der Waals surface area contributed by atoms with E-state index in [9.17, 15) is 9.59 Å².